The summed E-state index contributed by atoms with van der Waals surface area (Å²) < 4.78 is 0. The summed E-state index contributed by atoms with van der Waals surface area (Å²) in [4.78, 5) is 15.9. The molecule has 154 valence electrons. The summed E-state index contributed by atoms with van der Waals surface area (Å²) >= 11 is 0. The van der Waals surface area contributed by atoms with E-state index in [2.05, 4.69) is 16.5 Å². The van der Waals surface area contributed by atoms with Crippen molar-refractivity contribution in [2.75, 3.05) is 12.4 Å². The first-order chi connectivity index (χ1) is 14.6. The second-order valence-electron chi connectivity index (χ2n) is 6.87. The quantitative estimate of drug-likeness (QED) is 0.368. The number of carboxylic acid groups (broad SMARTS) is 1. The molecule has 0 heterocycles. The lowest BCUT2D eigenvalue weighted by molar-refractivity contribution is -0.137. The van der Waals surface area contributed by atoms with E-state index in [9.17, 15) is 4.79 Å². The summed E-state index contributed by atoms with van der Waals surface area (Å²) in [6.07, 6.45) is -0.0909. The molecule has 6 heteroatoms. The van der Waals surface area contributed by atoms with Crippen molar-refractivity contribution in [3.63, 3.8) is 0 Å². The van der Waals surface area contributed by atoms with E-state index in [-0.39, 0.29) is 6.42 Å². The lowest BCUT2D eigenvalue weighted by Gasteiger charge is -2.12. The summed E-state index contributed by atoms with van der Waals surface area (Å²) in [5.74, 6) is -0.906. The fraction of sp³-hybridized carbons (Fsp3) is 0.167. The lowest BCUT2D eigenvalue weighted by Crippen LogP contribution is -2.14. The number of rotatable bonds is 9. The zero-order chi connectivity index (χ0) is 21.3. The van der Waals surface area contributed by atoms with Gasteiger partial charge in [-0.25, -0.2) is 0 Å². The fourth-order valence-corrected chi connectivity index (χ4v) is 3.15. The van der Waals surface area contributed by atoms with E-state index in [0.717, 1.165) is 33.7 Å². The second-order valence-corrected chi connectivity index (χ2v) is 6.87. The van der Waals surface area contributed by atoms with Gasteiger partial charge in [-0.2, -0.15) is 0 Å². The Morgan fingerprint density at radius 2 is 1.73 bits per heavy atom. The van der Waals surface area contributed by atoms with Gasteiger partial charge in [-0.3, -0.25) is 4.79 Å². The maximum Gasteiger partial charge on any atom is 0.305 e. The molecule has 0 bridgehead atoms. The summed E-state index contributed by atoms with van der Waals surface area (Å²) in [5, 5.41) is 16.5. The number of nitrogens with two attached hydrogens (primary N) is 1. The number of hydrogen-bond donors (Lipinski definition) is 3. The van der Waals surface area contributed by atoms with Gasteiger partial charge in [0.2, 0.25) is 0 Å². The van der Waals surface area contributed by atoms with E-state index in [1.807, 2.05) is 72.8 Å². The first-order valence-corrected chi connectivity index (χ1v) is 9.64. The molecule has 0 radical (unpaired) electrons. The second kappa shape index (κ2) is 10.2. The molecule has 0 unspecified atom stereocenters. The third-order valence-electron chi connectivity index (χ3n) is 4.66. The number of carbonyl (C=O) groups is 1. The Labute approximate surface area is 176 Å². The van der Waals surface area contributed by atoms with Gasteiger partial charge in [0.25, 0.3) is 0 Å². The van der Waals surface area contributed by atoms with Crippen LogP contribution in [0.1, 0.15) is 34.7 Å². The number of anilines is 1. The van der Waals surface area contributed by atoms with Crippen molar-refractivity contribution in [1.82, 2.24) is 0 Å². The van der Waals surface area contributed by atoms with Crippen LogP contribution in [0.15, 0.2) is 84.0 Å². The van der Waals surface area contributed by atoms with Gasteiger partial charge >= 0.3 is 5.97 Å². The Kier molecular flexibility index (Phi) is 7.19. The topological polar surface area (TPSA) is 96.9 Å². The first-order valence-electron chi connectivity index (χ1n) is 9.64. The largest absolute Gasteiger partial charge is 0.481 e. The van der Waals surface area contributed by atoms with Crippen LogP contribution in [0.2, 0.25) is 0 Å². The highest BCUT2D eigenvalue weighted by Gasteiger charge is 2.11. The fourth-order valence-electron chi connectivity index (χ4n) is 3.15. The molecule has 0 aliphatic heterocycles. The molecule has 0 amide bonds. The van der Waals surface area contributed by atoms with Crippen LogP contribution in [0.4, 0.5) is 5.69 Å². The predicted octanol–water partition coefficient (Wildman–Crippen LogP) is 4.17. The monoisotopic (exact) mass is 403 g/mol. The number of benzene rings is 3. The van der Waals surface area contributed by atoms with Gasteiger partial charge in [0.05, 0.1) is 6.42 Å². The van der Waals surface area contributed by atoms with Crippen LogP contribution < -0.4 is 11.1 Å². The van der Waals surface area contributed by atoms with Crippen LogP contribution in [0, 0.1) is 0 Å². The maximum atomic E-state index is 10.8. The normalized spacial score (nSPS) is 12.3. The van der Waals surface area contributed by atoms with E-state index in [0.29, 0.717) is 6.54 Å². The molecule has 0 aromatic heterocycles. The number of hydrogen-bond acceptors (Lipinski definition) is 5. The highest BCUT2D eigenvalue weighted by molar-refractivity contribution is 6.12. The molecule has 6 nitrogen and oxygen atoms in total. The molecule has 0 saturated carbocycles. The molecular formula is C24H25N3O3. The van der Waals surface area contributed by atoms with E-state index in [1.165, 1.54) is 0 Å². The van der Waals surface area contributed by atoms with Gasteiger partial charge in [-0.1, -0.05) is 65.8 Å². The van der Waals surface area contributed by atoms with Gasteiger partial charge in [0, 0.05) is 29.4 Å². The van der Waals surface area contributed by atoms with Gasteiger partial charge in [-0.05, 0) is 29.3 Å². The molecule has 0 fully saturated rings. The molecular weight excluding hydrogens is 378 g/mol. The van der Waals surface area contributed by atoms with Crippen LogP contribution in [-0.2, 0) is 16.2 Å². The predicted molar refractivity (Wildman–Crippen MR) is 118 cm³/mol. The Morgan fingerprint density at radius 3 is 2.40 bits per heavy atom. The molecule has 0 aliphatic rings. The summed E-state index contributed by atoms with van der Waals surface area (Å²) in [6, 6.07) is 25.0. The Hall–Kier alpha value is -3.64. The summed E-state index contributed by atoms with van der Waals surface area (Å²) in [7, 11) is 1.54. The highest BCUT2D eigenvalue weighted by atomic mass is 16.6. The third-order valence-corrected chi connectivity index (χ3v) is 4.66. The lowest BCUT2D eigenvalue weighted by atomic mass is 10.0. The van der Waals surface area contributed by atoms with Crippen molar-refractivity contribution in [1.29, 1.82) is 0 Å². The van der Waals surface area contributed by atoms with Crippen LogP contribution in [0.5, 0.6) is 0 Å². The molecule has 0 saturated heterocycles. The molecule has 3 aromatic carbocycles. The van der Waals surface area contributed by atoms with Crippen molar-refractivity contribution < 1.29 is 14.7 Å². The molecule has 1 atom stereocenters. The third kappa shape index (κ3) is 5.68. The van der Waals surface area contributed by atoms with Crippen LogP contribution in [0.25, 0.3) is 0 Å². The Morgan fingerprint density at radius 1 is 1.03 bits per heavy atom. The molecule has 3 rings (SSSR count). The smallest absolute Gasteiger partial charge is 0.305 e. The number of nitrogens with zero attached hydrogens (tertiary/aromatic N) is 1. The minimum absolute atomic E-state index is 0.0909. The number of aliphatic carboxylic acids is 1. The zero-order valence-corrected chi connectivity index (χ0v) is 16.8. The van der Waals surface area contributed by atoms with Crippen LogP contribution >= 0.6 is 0 Å². The van der Waals surface area contributed by atoms with Crippen molar-refractivity contribution in [3.8, 4) is 0 Å². The molecule has 30 heavy (non-hydrogen) atoms. The van der Waals surface area contributed by atoms with Gasteiger partial charge in [0.1, 0.15) is 12.8 Å². The van der Waals surface area contributed by atoms with Gasteiger partial charge in [-0.15, -0.1) is 0 Å². The summed E-state index contributed by atoms with van der Waals surface area (Å²) in [6.45, 7) is 0.628. The standard InChI is InChI=1S/C24H25N3O3/c1-30-27-24(19-7-3-2-4-8-19)20-9-5-6-17(14-20)16-26-21-12-10-18(11-13-21)22(25)15-23(28)29/h2-14,22,26H,15-16,25H2,1H3,(H,28,29)/b27-24-/t22-/m0/s1. The van der Waals surface area contributed by atoms with E-state index in [1.54, 1.807) is 7.11 Å². The van der Waals surface area contributed by atoms with Gasteiger partial charge in [0.15, 0.2) is 0 Å². The minimum atomic E-state index is -0.906. The van der Waals surface area contributed by atoms with Crippen LogP contribution in [-0.4, -0.2) is 23.9 Å². The highest BCUT2D eigenvalue weighted by Crippen LogP contribution is 2.19. The Bertz CT molecular complexity index is 1000. The maximum absolute atomic E-state index is 10.8. The minimum Gasteiger partial charge on any atom is -0.481 e. The average Bonchev–Trinajstić information content (AvgIpc) is 2.77. The molecule has 0 spiro atoms. The van der Waals surface area contributed by atoms with Crippen molar-refractivity contribution in [3.05, 3.63) is 101 Å². The number of oxime groups is 1. The SMILES string of the molecule is CO/N=C(/c1ccccc1)c1cccc(CNc2ccc([C@@H](N)CC(=O)O)cc2)c1. The summed E-state index contributed by atoms with van der Waals surface area (Å²) in [5.41, 5.74) is 11.5. The van der Waals surface area contributed by atoms with Crippen LogP contribution in [0.3, 0.4) is 0 Å². The number of carboxylic acids is 1. The zero-order valence-electron chi connectivity index (χ0n) is 16.8. The van der Waals surface area contributed by atoms with Crippen molar-refractivity contribution in [2.45, 2.75) is 19.0 Å². The van der Waals surface area contributed by atoms with Crippen molar-refractivity contribution in [2.24, 2.45) is 10.9 Å². The molecule has 4 N–H and O–H groups in total. The molecule has 0 aliphatic carbocycles. The average molecular weight is 403 g/mol. The van der Waals surface area contributed by atoms with Gasteiger partial charge < -0.3 is 21.0 Å². The van der Waals surface area contributed by atoms with E-state index < -0.39 is 12.0 Å². The molecule has 3 aromatic rings. The van der Waals surface area contributed by atoms with E-state index >= 15 is 0 Å². The number of nitrogens with one attached hydrogen (secondary N) is 1. The Balaban J connectivity index is 1.70. The van der Waals surface area contributed by atoms with E-state index in [4.69, 9.17) is 15.7 Å². The van der Waals surface area contributed by atoms with Crippen molar-refractivity contribution >= 4 is 17.4 Å². The first kappa shape index (κ1) is 21.1.